The number of carbonyl (C=O) groups is 1. The first kappa shape index (κ1) is 14.7. The second-order valence-electron chi connectivity index (χ2n) is 5.18. The maximum absolute atomic E-state index is 13.4. The van der Waals surface area contributed by atoms with Crippen LogP contribution in [0.4, 0.5) is 4.39 Å². The van der Waals surface area contributed by atoms with E-state index in [1.807, 2.05) is 17.5 Å². The lowest BCUT2D eigenvalue weighted by molar-refractivity contribution is 0.0700. The normalized spacial score (nSPS) is 11.2. The van der Waals surface area contributed by atoms with Crippen molar-refractivity contribution in [2.75, 3.05) is 0 Å². The van der Waals surface area contributed by atoms with Crippen LogP contribution >= 0.6 is 11.3 Å². The Morgan fingerprint density at radius 1 is 1.45 bits per heavy atom. The largest absolute Gasteiger partial charge is 0.477 e. The average Bonchev–Trinajstić information content (AvgIpc) is 3.01. The minimum absolute atomic E-state index is 0.246. The fourth-order valence-corrected chi connectivity index (χ4v) is 3.46. The molecule has 0 aliphatic heterocycles. The highest BCUT2D eigenvalue weighted by Gasteiger charge is 2.19. The van der Waals surface area contributed by atoms with Gasteiger partial charge < -0.3 is 5.11 Å². The molecule has 0 aliphatic carbocycles. The van der Waals surface area contributed by atoms with E-state index in [2.05, 4.69) is 4.98 Å². The van der Waals surface area contributed by atoms with Gasteiger partial charge in [0, 0.05) is 17.5 Å². The zero-order valence-electron chi connectivity index (χ0n) is 12.3. The van der Waals surface area contributed by atoms with Gasteiger partial charge in [-0.15, -0.1) is 0 Å². The number of thiazole rings is 1. The van der Waals surface area contributed by atoms with E-state index < -0.39 is 5.97 Å². The first-order chi connectivity index (χ1) is 10.5. The molecule has 1 N–H and O–H groups in total. The SMILES string of the molecule is CCCc1c(C(=O)O)sc2nc(-c3ccc(F)c(C)c3)cn12. The summed E-state index contributed by atoms with van der Waals surface area (Å²) < 4.78 is 15.2. The first-order valence-electron chi connectivity index (χ1n) is 7.01. The second-order valence-corrected chi connectivity index (χ2v) is 6.15. The summed E-state index contributed by atoms with van der Waals surface area (Å²) in [6, 6.07) is 4.86. The highest BCUT2D eigenvalue weighted by Crippen LogP contribution is 2.29. The summed E-state index contributed by atoms with van der Waals surface area (Å²) in [6.45, 7) is 3.72. The Balaban J connectivity index is 2.13. The molecule has 3 aromatic rings. The number of aromatic nitrogens is 2. The molecule has 0 aliphatic rings. The van der Waals surface area contributed by atoms with Crippen molar-refractivity contribution < 1.29 is 14.3 Å². The quantitative estimate of drug-likeness (QED) is 0.786. The summed E-state index contributed by atoms with van der Waals surface area (Å²) in [6.07, 6.45) is 3.37. The Hall–Kier alpha value is -2.21. The standard InChI is InChI=1S/C16H15FN2O2S/c1-3-4-13-14(15(20)21)22-16-18-12(8-19(13)16)10-5-6-11(17)9(2)7-10/h5-8H,3-4H2,1-2H3,(H,20,21). The summed E-state index contributed by atoms with van der Waals surface area (Å²) in [5.41, 5.74) is 2.89. The van der Waals surface area contributed by atoms with Gasteiger partial charge in [-0.2, -0.15) is 0 Å². The lowest BCUT2D eigenvalue weighted by Gasteiger charge is -2.01. The van der Waals surface area contributed by atoms with Crippen LogP contribution in [0.15, 0.2) is 24.4 Å². The van der Waals surface area contributed by atoms with Crippen LogP contribution in [-0.4, -0.2) is 20.5 Å². The number of fused-ring (bicyclic) bond motifs is 1. The van der Waals surface area contributed by atoms with Crippen molar-refractivity contribution in [2.24, 2.45) is 0 Å². The molecular formula is C16H15FN2O2S. The van der Waals surface area contributed by atoms with Crippen LogP contribution in [-0.2, 0) is 6.42 Å². The number of carboxylic acid groups (broad SMARTS) is 1. The van der Waals surface area contributed by atoms with Crippen molar-refractivity contribution in [3.63, 3.8) is 0 Å². The third-order valence-corrected chi connectivity index (χ3v) is 4.64. The predicted molar refractivity (Wildman–Crippen MR) is 84.2 cm³/mol. The lowest BCUT2D eigenvalue weighted by atomic mass is 10.1. The van der Waals surface area contributed by atoms with E-state index in [1.54, 1.807) is 19.1 Å². The zero-order valence-corrected chi connectivity index (χ0v) is 13.1. The smallest absolute Gasteiger partial charge is 0.347 e. The molecule has 0 radical (unpaired) electrons. The molecule has 0 saturated heterocycles. The molecule has 0 spiro atoms. The molecule has 3 rings (SSSR count). The van der Waals surface area contributed by atoms with Crippen LogP contribution in [0.5, 0.6) is 0 Å². The summed E-state index contributed by atoms with van der Waals surface area (Å²) in [5.74, 6) is -1.16. The molecule has 0 amide bonds. The number of imidazole rings is 1. The van der Waals surface area contributed by atoms with Crippen LogP contribution in [0.1, 0.15) is 34.3 Å². The minimum Gasteiger partial charge on any atom is -0.477 e. The third-order valence-electron chi connectivity index (χ3n) is 3.55. The molecule has 4 nitrogen and oxygen atoms in total. The highest BCUT2D eigenvalue weighted by molar-refractivity contribution is 7.19. The maximum atomic E-state index is 13.4. The van der Waals surface area contributed by atoms with Gasteiger partial charge in [0.05, 0.1) is 5.69 Å². The van der Waals surface area contributed by atoms with Crippen molar-refractivity contribution in [3.05, 3.63) is 46.3 Å². The van der Waals surface area contributed by atoms with E-state index in [0.29, 0.717) is 21.8 Å². The summed E-state index contributed by atoms with van der Waals surface area (Å²) in [4.78, 5) is 16.8. The second kappa shape index (κ2) is 5.53. The van der Waals surface area contributed by atoms with Gasteiger partial charge in [-0.1, -0.05) is 24.7 Å². The number of halogens is 1. The fraction of sp³-hybridized carbons (Fsp3) is 0.250. The number of benzene rings is 1. The predicted octanol–water partition coefficient (Wildman–Crippen LogP) is 4.16. The number of nitrogens with zero attached hydrogens (tertiary/aromatic N) is 2. The van der Waals surface area contributed by atoms with Gasteiger partial charge >= 0.3 is 5.97 Å². The zero-order chi connectivity index (χ0) is 15.9. The topological polar surface area (TPSA) is 54.6 Å². The molecule has 2 heterocycles. The van der Waals surface area contributed by atoms with Gasteiger partial charge in [-0.05, 0) is 37.1 Å². The summed E-state index contributed by atoms with van der Waals surface area (Å²) in [7, 11) is 0. The Morgan fingerprint density at radius 3 is 2.86 bits per heavy atom. The van der Waals surface area contributed by atoms with Gasteiger partial charge in [0.15, 0.2) is 4.96 Å². The summed E-state index contributed by atoms with van der Waals surface area (Å²) in [5, 5.41) is 9.29. The van der Waals surface area contributed by atoms with E-state index in [-0.39, 0.29) is 5.82 Å². The van der Waals surface area contributed by atoms with Crippen molar-refractivity contribution in [2.45, 2.75) is 26.7 Å². The fourth-order valence-electron chi connectivity index (χ4n) is 2.47. The molecule has 0 saturated carbocycles. The Morgan fingerprint density at radius 2 is 2.23 bits per heavy atom. The molecule has 6 heteroatoms. The van der Waals surface area contributed by atoms with Crippen LogP contribution in [0.3, 0.4) is 0 Å². The molecule has 0 unspecified atom stereocenters. The molecule has 0 bridgehead atoms. The van der Waals surface area contributed by atoms with Gasteiger partial charge in [-0.3, -0.25) is 4.40 Å². The van der Waals surface area contributed by atoms with Crippen molar-refractivity contribution in [3.8, 4) is 11.3 Å². The molecule has 2 aromatic heterocycles. The molecule has 1 aromatic carbocycles. The van der Waals surface area contributed by atoms with E-state index in [9.17, 15) is 14.3 Å². The van der Waals surface area contributed by atoms with Crippen LogP contribution in [0, 0.1) is 12.7 Å². The average molecular weight is 318 g/mol. The molecule has 0 fully saturated rings. The van der Waals surface area contributed by atoms with E-state index in [4.69, 9.17) is 0 Å². The van der Waals surface area contributed by atoms with E-state index >= 15 is 0 Å². The molecule has 0 atom stereocenters. The first-order valence-corrected chi connectivity index (χ1v) is 7.83. The van der Waals surface area contributed by atoms with Crippen molar-refractivity contribution in [1.29, 1.82) is 0 Å². The number of aromatic carboxylic acids is 1. The minimum atomic E-state index is -0.918. The molecule has 114 valence electrons. The van der Waals surface area contributed by atoms with Gasteiger partial charge in [0.1, 0.15) is 10.7 Å². The maximum Gasteiger partial charge on any atom is 0.347 e. The van der Waals surface area contributed by atoms with Crippen LogP contribution < -0.4 is 0 Å². The van der Waals surface area contributed by atoms with Crippen molar-refractivity contribution >= 4 is 22.3 Å². The Labute approximate surface area is 130 Å². The van der Waals surface area contributed by atoms with Gasteiger partial charge in [-0.25, -0.2) is 14.2 Å². The highest BCUT2D eigenvalue weighted by atomic mass is 32.1. The van der Waals surface area contributed by atoms with Gasteiger partial charge in [0.25, 0.3) is 0 Å². The van der Waals surface area contributed by atoms with Crippen LogP contribution in [0.25, 0.3) is 16.2 Å². The van der Waals surface area contributed by atoms with Gasteiger partial charge in [0.2, 0.25) is 0 Å². The Bertz CT molecular complexity index is 867. The summed E-state index contributed by atoms with van der Waals surface area (Å²) >= 11 is 1.17. The third kappa shape index (κ3) is 2.39. The number of hydrogen-bond donors (Lipinski definition) is 1. The monoisotopic (exact) mass is 318 g/mol. The van der Waals surface area contributed by atoms with E-state index in [0.717, 1.165) is 23.4 Å². The lowest BCUT2D eigenvalue weighted by Crippen LogP contribution is -2.00. The molecular weight excluding hydrogens is 303 g/mol. The number of carboxylic acids is 1. The van der Waals surface area contributed by atoms with Crippen molar-refractivity contribution in [1.82, 2.24) is 9.38 Å². The molecule has 22 heavy (non-hydrogen) atoms. The Kier molecular flexibility index (Phi) is 3.70. The number of hydrogen-bond acceptors (Lipinski definition) is 3. The van der Waals surface area contributed by atoms with E-state index in [1.165, 1.54) is 17.4 Å². The van der Waals surface area contributed by atoms with Crippen LogP contribution in [0.2, 0.25) is 0 Å². The number of aryl methyl sites for hydroxylation is 2. The number of rotatable bonds is 4.